The van der Waals surface area contributed by atoms with E-state index >= 15 is 0 Å². The molecule has 0 amide bonds. The number of ether oxygens (including phenoxy) is 1. The Balaban J connectivity index is 2.93. The Morgan fingerprint density at radius 2 is 2.60 bits per heavy atom. The first-order valence-corrected chi connectivity index (χ1v) is 3.48. The molecule has 0 N–H and O–H groups in total. The fraction of sp³-hybridized carbons (Fsp3) is 0.400. The van der Waals surface area contributed by atoms with Crippen LogP contribution < -0.4 is 4.68 Å². The third kappa shape index (κ3) is 1.13. The Morgan fingerprint density at radius 1 is 1.90 bits per heavy atom. The highest BCUT2D eigenvalue weighted by Gasteiger charge is 2.19. The van der Waals surface area contributed by atoms with Gasteiger partial charge in [-0.25, -0.2) is 4.79 Å². The van der Waals surface area contributed by atoms with Crippen LogP contribution in [0.4, 0.5) is 0 Å². The highest BCUT2D eigenvalue weighted by atomic mass is 32.1. The summed E-state index contributed by atoms with van der Waals surface area (Å²) in [6, 6.07) is 0. The number of esters is 1. The largest absolute Gasteiger partial charge is 0.461 e. The third-order valence-corrected chi connectivity index (χ3v) is 1.75. The van der Waals surface area contributed by atoms with Gasteiger partial charge in [0, 0.05) is 11.5 Å². The summed E-state index contributed by atoms with van der Waals surface area (Å²) in [5, 5.41) is 1.64. The second-order valence-corrected chi connectivity index (χ2v) is 2.32. The highest BCUT2D eigenvalue weighted by Crippen LogP contribution is 1.95. The summed E-state index contributed by atoms with van der Waals surface area (Å²) in [5.41, 5.74) is 0.479. The van der Waals surface area contributed by atoms with E-state index in [-0.39, 0.29) is 5.97 Å². The van der Waals surface area contributed by atoms with Crippen molar-refractivity contribution in [1.82, 2.24) is 4.49 Å². The van der Waals surface area contributed by atoms with Crippen LogP contribution in [-0.4, -0.2) is 17.6 Å². The third-order valence-electron chi connectivity index (χ3n) is 1.08. The van der Waals surface area contributed by atoms with E-state index in [4.69, 9.17) is 0 Å². The van der Waals surface area contributed by atoms with Crippen molar-refractivity contribution in [3.63, 3.8) is 0 Å². The van der Waals surface area contributed by atoms with Gasteiger partial charge in [0.25, 0.3) is 0 Å². The molecule has 0 atom stereocenters. The van der Waals surface area contributed by atoms with Gasteiger partial charge in [0.1, 0.15) is 0 Å². The van der Waals surface area contributed by atoms with Gasteiger partial charge in [-0.3, -0.25) is 0 Å². The number of hydrogen-bond acceptors (Lipinski definition) is 4. The molecule has 5 heteroatoms. The van der Waals surface area contributed by atoms with Gasteiger partial charge in [0.2, 0.25) is 0 Å². The van der Waals surface area contributed by atoms with Gasteiger partial charge in [-0.15, -0.1) is 0 Å². The van der Waals surface area contributed by atoms with Crippen LogP contribution in [0.15, 0.2) is 5.38 Å². The van der Waals surface area contributed by atoms with Crippen molar-refractivity contribution in [2.75, 3.05) is 7.11 Å². The van der Waals surface area contributed by atoms with Crippen LogP contribution in [0.1, 0.15) is 10.5 Å². The van der Waals surface area contributed by atoms with Gasteiger partial charge in [-0.05, 0) is 0 Å². The van der Waals surface area contributed by atoms with Crippen molar-refractivity contribution < 1.29 is 14.2 Å². The van der Waals surface area contributed by atoms with Gasteiger partial charge in [-0.2, -0.15) is 0 Å². The maximum Gasteiger partial charge on any atom is 0.406 e. The molecule has 0 aromatic carbocycles. The number of hydrogen-bond donors (Lipinski definition) is 0. The Labute approximate surface area is 62.2 Å². The smallest absolute Gasteiger partial charge is 0.406 e. The summed E-state index contributed by atoms with van der Waals surface area (Å²) in [4.78, 5) is 10.8. The van der Waals surface area contributed by atoms with E-state index in [1.165, 1.54) is 23.3 Å². The number of nitrogens with zero attached hydrogens (tertiary/aromatic N) is 2. The van der Waals surface area contributed by atoms with Gasteiger partial charge in [0.15, 0.2) is 7.05 Å². The molecule has 54 valence electrons. The molecule has 1 heterocycles. The van der Waals surface area contributed by atoms with Gasteiger partial charge in [0.05, 0.1) is 17.0 Å². The van der Waals surface area contributed by atoms with Crippen molar-refractivity contribution in [1.29, 1.82) is 0 Å². The van der Waals surface area contributed by atoms with E-state index in [0.717, 1.165) is 0 Å². The van der Waals surface area contributed by atoms with Crippen molar-refractivity contribution in [2.24, 2.45) is 7.05 Å². The quantitative estimate of drug-likeness (QED) is 0.419. The lowest BCUT2D eigenvalue weighted by Crippen LogP contribution is -2.36. The lowest BCUT2D eigenvalue weighted by Gasteiger charge is -1.87. The van der Waals surface area contributed by atoms with E-state index in [1.807, 2.05) is 0 Å². The molecule has 1 rings (SSSR count). The number of aromatic nitrogens is 2. The zero-order chi connectivity index (χ0) is 7.56. The maximum atomic E-state index is 10.8. The summed E-state index contributed by atoms with van der Waals surface area (Å²) in [5.74, 6) is -0.351. The molecular weight excluding hydrogens is 152 g/mol. The molecule has 10 heavy (non-hydrogen) atoms. The molecule has 0 spiro atoms. The monoisotopic (exact) mass is 159 g/mol. The molecule has 0 radical (unpaired) electrons. The molecule has 0 saturated heterocycles. The lowest BCUT2D eigenvalue weighted by atomic mass is 10.5. The molecule has 0 unspecified atom stereocenters. The Kier molecular flexibility index (Phi) is 1.96. The number of carbonyl (C=O) groups excluding carboxylic acids is 1. The van der Waals surface area contributed by atoms with Gasteiger partial charge >= 0.3 is 11.7 Å². The van der Waals surface area contributed by atoms with Gasteiger partial charge < -0.3 is 4.74 Å². The first-order valence-electron chi connectivity index (χ1n) is 2.64. The standard InChI is InChI=1S/C5H7N2O2S/c1-7-4(3-10-6-7)5(8)9-2/h3H,1-2H3/q+1. The SMILES string of the molecule is COC(=O)c1csn[n+]1C. The van der Waals surface area contributed by atoms with Crippen LogP contribution in [0.25, 0.3) is 0 Å². The van der Waals surface area contributed by atoms with Gasteiger partial charge in [-0.1, -0.05) is 4.68 Å². The van der Waals surface area contributed by atoms with Crippen molar-refractivity contribution in [3.8, 4) is 0 Å². The summed E-state index contributed by atoms with van der Waals surface area (Å²) < 4.78 is 9.81. The molecule has 0 aliphatic heterocycles. The highest BCUT2D eigenvalue weighted by molar-refractivity contribution is 7.03. The zero-order valence-electron chi connectivity index (χ0n) is 5.70. The minimum Gasteiger partial charge on any atom is -0.461 e. The Morgan fingerprint density at radius 3 is 3.00 bits per heavy atom. The number of carbonyl (C=O) groups is 1. The van der Waals surface area contributed by atoms with Crippen LogP contribution >= 0.6 is 11.5 Å². The summed E-state index contributed by atoms with van der Waals surface area (Å²) >= 11 is 1.22. The zero-order valence-corrected chi connectivity index (χ0v) is 6.51. The molecule has 1 aromatic heterocycles. The van der Waals surface area contributed by atoms with E-state index in [0.29, 0.717) is 5.69 Å². The molecular formula is C5H7N2O2S+. The average molecular weight is 159 g/mol. The van der Waals surface area contributed by atoms with Crippen molar-refractivity contribution >= 4 is 17.5 Å². The molecule has 1 aromatic rings. The predicted octanol–water partition coefficient (Wildman–Crippen LogP) is -0.246. The molecule has 0 saturated carbocycles. The minimum atomic E-state index is -0.351. The first kappa shape index (κ1) is 7.14. The van der Waals surface area contributed by atoms with E-state index in [2.05, 4.69) is 9.23 Å². The molecule has 0 aliphatic carbocycles. The van der Waals surface area contributed by atoms with Crippen LogP contribution in [0.2, 0.25) is 0 Å². The van der Waals surface area contributed by atoms with Crippen molar-refractivity contribution in [3.05, 3.63) is 11.1 Å². The van der Waals surface area contributed by atoms with E-state index in [9.17, 15) is 4.79 Å². The second-order valence-electron chi connectivity index (χ2n) is 1.71. The number of rotatable bonds is 1. The Hall–Kier alpha value is -0.970. The number of methoxy groups -OCH3 is 1. The van der Waals surface area contributed by atoms with Crippen LogP contribution in [-0.2, 0) is 11.8 Å². The molecule has 4 nitrogen and oxygen atoms in total. The average Bonchev–Trinajstić information content (AvgIpc) is 2.34. The minimum absolute atomic E-state index is 0.351. The van der Waals surface area contributed by atoms with E-state index in [1.54, 1.807) is 12.4 Å². The normalized spacial score (nSPS) is 9.40. The fourth-order valence-electron chi connectivity index (χ4n) is 0.549. The topological polar surface area (TPSA) is 43.1 Å². The molecule has 0 fully saturated rings. The van der Waals surface area contributed by atoms with Crippen LogP contribution in [0.3, 0.4) is 0 Å². The maximum absolute atomic E-state index is 10.8. The molecule has 0 aliphatic rings. The lowest BCUT2D eigenvalue weighted by molar-refractivity contribution is -0.725. The Bertz CT molecular complexity index is 246. The summed E-state index contributed by atoms with van der Waals surface area (Å²) in [6.45, 7) is 0. The van der Waals surface area contributed by atoms with E-state index < -0.39 is 0 Å². The van der Waals surface area contributed by atoms with Crippen LogP contribution in [0, 0.1) is 0 Å². The summed E-state index contributed by atoms with van der Waals surface area (Å²) in [6.07, 6.45) is 0. The number of aryl methyl sites for hydroxylation is 1. The fourth-order valence-corrected chi connectivity index (χ4v) is 1.17. The predicted molar refractivity (Wildman–Crippen MR) is 34.6 cm³/mol. The van der Waals surface area contributed by atoms with Crippen molar-refractivity contribution in [2.45, 2.75) is 0 Å². The van der Waals surface area contributed by atoms with Crippen LogP contribution in [0.5, 0.6) is 0 Å². The second kappa shape index (κ2) is 2.74. The summed E-state index contributed by atoms with van der Waals surface area (Å²) in [7, 11) is 3.04. The first-order chi connectivity index (χ1) is 4.75. The molecule has 0 bridgehead atoms.